The van der Waals surface area contributed by atoms with E-state index in [1.165, 1.54) is 0 Å². The van der Waals surface area contributed by atoms with Gasteiger partial charge in [-0.3, -0.25) is 0 Å². The molecule has 0 heterocycles. The molecule has 0 saturated heterocycles. The largest absolute Gasteiger partial charge is 0.508 e. The molecule has 0 bridgehead atoms. The van der Waals surface area contributed by atoms with Gasteiger partial charge in [0.15, 0.2) is 0 Å². The molecule has 0 aliphatic rings. The van der Waals surface area contributed by atoms with Crippen LogP contribution >= 0.6 is 0 Å². The van der Waals surface area contributed by atoms with Crippen molar-refractivity contribution >= 4 is 30.6 Å². The topological polar surface area (TPSA) is 20.2 Å². The summed E-state index contributed by atoms with van der Waals surface area (Å²) in [5, 5.41) is 11.4. The molecule has 0 spiro atoms. The first-order valence-electron chi connectivity index (χ1n) is 3.54. The van der Waals surface area contributed by atoms with Crippen LogP contribution in [0.2, 0.25) is 0 Å². The van der Waals surface area contributed by atoms with E-state index >= 15 is 0 Å². The smallest absolute Gasteiger partial charge is 0.116 e. The fourth-order valence-electron chi connectivity index (χ4n) is 1.18. The third-order valence-corrected chi connectivity index (χ3v) is 1.73. The average molecular weight is 214 g/mol. The molecule has 0 amide bonds. The van der Waals surface area contributed by atoms with Gasteiger partial charge in [-0.05, 0) is 22.9 Å². The van der Waals surface area contributed by atoms with Gasteiger partial charge in [-0.25, -0.2) is 0 Å². The van der Waals surface area contributed by atoms with Crippen molar-refractivity contribution in [3.05, 3.63) is 42.5 Å². The minimum atomic E-state index is 0. The number of benzene rings is 2. The summed E-state index contributed by atoms with van der Waals surface area (Å²) < 4.78 is 0. The van der Waals surface area contributed by atoms with Crippen molar-refractivity contribution in [2.75, 3.05) is 0 Å². The van der Waals surface area contributed by atoms with Gasteiger partial charge in [0.25, 0.3) is 0 Å². The number of aromatic hydroxyl groups is 1. The van der Waals surface area contributed by atoms with Crippen LogP contribution in [0.25, 0.3) is 10.8 Å². The summed E-state index contributed by atoms with van der Waals surface area (Å²) >= 11 is 0. The maximum Gasteiger partial charge on any atom is 0.116 e. The van der Waals surface area contributed by atoms with E-state index in [-0.39, 0.29) is 19.8 Å². The fraction of sp³-hybridized carbons (Fsp3) is 0. The Morgan fingerprint density at radius 1 is 0.833 bits per heavy atom. The van der Waals surface area contributed by atoms with Gasteiger partial charge >= 0.3 is 0 Å². The molecule has 12 heavy (non-hydrogen) atoms. The van der Waals surface area contributed by atoms with Crippen LogP contribution in [0.15, 0.2) is 42.5 Å². The maximum atomic E-state index is 9.13. The monoisotopic (exact) mass is 213 g/mol. The SMILES string of the molecule is Oc1ccc2ccccc2c1.[Ga]. The molecule has 0 atom stereocenters. The Bertz CT molecular complexity index is 384. The molecule has 2 heteroatoms. The van der Waals surface area contributed by atoms with Gasteiger partial charge in [-0.1, -0.05) is 30.3 Å². The molecule has 57 valence electrons. The van der Waals surface area contributed by atoms with E-state index in [1.807, 2.05) is 30.3 Å². The summed E-state index contributed by atoms with van der Waals surface area (Å²) in [4.78, 5) is 0. The Morgan fingerprint density at radius 3 is 2.25 bits per heavy atom. The molecule has 0 unspecified atom stereocenters. The zero-order chi connectivity index (χ0) is 7.68. The van der Waals surface area contributed by atoms with E-state index in [4.69, 9.17) is 5.11 Å². The minimum absolute atomic E-state index is 0. The molecule has 3 radical (unpaired) electrons. The Balaban J connectivity index is 0.000000720. The first-order valence-corrected chi connectivity index (χ1v) is 3.54. The van der Waals surface area contributed by atoms with E-state index in [2.05, 4.69) is 0 Å². The molecule has 0 saturated carbocycles. The molecular weight excluding hydrogens is 206 g/mol. The molecule has 0 aliphatic carbocycles. The standard InChI is InChI=1S/C10H8O.Ga/c11-10-6-5-8-3-1-2-4-9(8)7-10;/h1-7,11H;. The molecule has 1 N–H and O–H groups in total. The predicted molar refractivity (Wildman–Crippen MR) is 51.4 cm³/mol. The third kappa shape index (κ3) is 1.65. The van der Waals surface area contributed by atoms with Gasteiger partial charge in [0.05, 0.1) is 0 Å². The van der Waals surface area contributed by atoms with Crippen LogP contribution in [-0.4, -0.2) is 24.9 Å². The van der Waals surface area contributed by atoms with Gasteiger partial charge < -0.3 is 5.11 Å². The van der Waals surface area contributed by atoms with E-state index < -0.39 is 0 Å². The van der Waals surface area contributed by atoms with E-state index in [0.717, 1.165) is 10.8 Å². The molecule has 0 aromatic heterocycles. The fourth-order valence-corrected chi connectivity index (χ4v) is 1.18. The number of fused-ring (bicyclic) bond motifs is 1. The number of hydrogen-bond donors (Lipinski definition) is 1. The van der Waals surface area contributed by atoms with Gasteiger partial charge in [0.1, 0.15) is 5.75 Å². The Labute approximate surface area is 84.1 Å². The van der Waals surface area contributed by atoms with Crippen molar-refractivity contribution in [2.24, 2.45) is 0 Å². The summed E-state index contributed by atoms with van der Waals surface area (Å²) in [5.41, 5.74) is 0. The molecule has 1 nitrogen and oxygen atoms in total. The normalized spacial score (nSPS) is 9.33. The number of hydrogen-bond acceptors (Lipinski definition) is 1. The van der Waals surface area contributed by atoms with Gasteiger partial charge in [-0.2, -0.15) is 0 Å². The number of phenols is 1. The molecular formula is C10H8GaO. The summed E-state index contributed by atoms with van der Waals surface area (Å²) in [6.07, 6.45) is 0. The first kappa shape index (κ1) is 9.23. The van der Waals surface area contributed by atoms with Crippen LogP contribution < -0.4 is 0 Å². The van der Waals surface area contributed by atoms with Crippen LogP contribution in [0.5, 0.6) is 5.75 Å². The Morgan fingerprint density at radius 2 is 1.50 bits per heavy atom. The number of rotatable bonds is 0. The second-order valence-corrected chi connectivity index (χ2v) is 2.53. The summed E-state index contributed by atoms with van der Waals surface area (Å²) in [6.45, 7) is 0. The maximum absolute atomic E-state index is 9.13. The second-order valence-electron chi connectivity index (χ2n) is 2.53. The van der Waals surface area contributed by atoms with Crippen molar-refractivity contribution < 1.29 is 5.11 Å². The van der Waals surface area contributed by atoms with Gasteiger partial charge in [-0.15, -0.1) is 0 Å². The average Bonchev–Trinajstić information content (AvgIpc) is 2.04. The third-order valence-electron chi connectivity index (χ3n) is 1.73. The van der Waals surface area contributed by atoms with Crippen LogP contribution in [0.3, 0.4) is 0 Å². The molecule has 2 aromatic rings. The van der Waals surface area contributed by atoms with Crippen molar-refractivity contribution in [1.29, 1.82) is 0 Å². The molecule has 2 rings (SSSR count). The van der Waals surface area contributed by atoms with Crippen LogP contribution in [-0.2, 0) is 0 Å². The zero-order valence-corrected chi connectivity index (χ0v) is 8.99. The summed E-state index contributed by atoms with van der Waals surface area (Å²) in [5.74, 6) is 0.323. The van der Waals surface area contributed by atoms with E-state index in [1.54, 1.807) is 12.1 Å². The van der Waals surface area contributed by atoms with Crippen molar-refractivity contribution in [1.82, 2.24) is 0 Å². The molecule has 0 aliphatic heterocycles. The van der Waals surface area contributed by atoms with Gasteiger partial charge in [0.2, 0.25) is 0 Å². The minimum Gasteiger partial charge on any atom is -0.508 e. The molecule has 2 aromatic carbocycles. The summed E-state index contributed by atoms with van der Waals surface area (Å²) in [7, 11) is 0. The quantitative estimate of drug-likeness (QED) is 0.666. The van der Waals surface area contributed by atoms with Crippen molar-refractivity contribution in [3.8, 4) is 5.75 Å². The van der Waals surface area contributed by atoms with Crippen LogP contribution in [0.4, 0.5) is 0 Å². The van der Waals surface area contributed by atoms with Crippen molar-refractivity contribution in [2.45, 2.75) is 0 Å². The van der Waals surface area contributed by atoms with Crippen molar-refractivity contribution in [3.63, 3.8) is 0 Å². The van der Waals surface area contributed by atoms with E-state index in [9.17, 15) is 0 Å². The Hall–Kier alpha value is -0.864. The second kappa shape index (κ2) is 3.69. The van der Waals surface area contributed by atoms with Gasteiger partial charge in [0, 0.05) is 19.8 Å². The summed E-state index contributed by atoms with van der Waals surface area (Å²) in [6, 6.07) is 13.3. The van der Waals surface area contributed by atoms with Crippen LogP contribution in [0.1, 0.15) is 0 Å². The molecule has 0 fully saturated rings. The van der Waals surface area contributed by atoms with Crippen LogP contribution in [0, 0.1) is 0 Å². The van der Waals surface area contributed by atoms with E-state index in [0.29, 0.717) is 5.75 Å². The zero-order valence-electron chi connectivity index (χ0n) is 6.57. The predicted octanol–water partition coefficient (Wildman–Crippen LogP) is 2.16. The number of phenolic OH excluding ortho intramolecular Hbond substituents is 1. The first-order chi connectivity index (χ1) is 5.36. The Kier molecular flexibility index (Phi) is 2.84.